The van der Waals surface area contributed by atoms with Gasteiger partial charge in [0.05, 0.1) is 25.0 Å². The second kappa shape index (κ2) is 11.2. The third kappa shape index (κ3) is 7.67. The fraction of sp³-hybridized carbons (Fsp3) is 0.615. The highest BCUT2D eigenvalue weighted by Gasteiger charge is 2.38. The van der Waals surface area contributed by atoms with Crippen LogP contribution in [0.2, 0.25) is 0 Å². The van der Waals surface area contributed by atoms with E-state index >= 15 is 0 Å². The fourth-order valence-electron chi connectivity index (χ4n) is 5.34. The summed E-state index contributed by atoms with van der Waals surface area (Å²) in [5.41, 5.74) is -1.13. The lowest BCUT2D eigenvalue weighted by Gasteiger charge is -2.46. The van der Waals surface area contributed by atoms with Crippen molar-refractivity contribution in [3.63, 3.8) is 0 Å². The number of nitrogens with one attached hydrogen (secondary N) is 3. The molecule has 4 rings (SSSR count). The van der Waals surface area contributed by atoms with Gasteiger partial charge in [-0.25, -0.2) is 9.37 Å². The van der Waals surface area contributed by atoms with Crippen molar-refractivity contribution in [1.82, 2.24) is 20.2 Å². The zero-order chi connectivity index (χ0) is 27.6. The molecule has 38 heavy (non-hydrogen) atoms. The Morgan fingerprint density at radius 2 is 1.82 bits per heavy atom. The van der Waals surface area contributed by atoms with Crippen molar-refractivity contribution in [2.75, 3.05) is 50.1 Å². The van der Waals surface area contributed by atoms with Gasteiger partial charge in [0, 0.05) is 42.4 Å². The highest BCUT2D eigenvalue weighted by Crippen LogP contribution is 2.38. The maximum absolute atomic E-state index is 14.6. The molecule has 210 valence electrons. The van der Waals surface area contributed by atoms with Gasteiger partial charge in [0.1, 0.15) is 12.4 Å². The minimum atomic E-state index is -4.63. The third-order valence-corrected chi connectivity index (χ3v) is 6.59. The summed E-state index contributed by atoms with van der Waals surface area (Å²) in [5.74, 6) is -0.907. The fourth-order valence-corrected chi connectivity index (χ4v) is 5.34. The molecule has 3 N–H and O–H groups in total. The summed E-state index contributed by atoms with van der Waals surface area (Å²) >= 11 is 0. The van der Waals surface area contributed by atoms with E-state index in [1.165, 1.54) is 12.1 Å². The molecule has 8 nitrogen and oxygen atoms in total. The van der Waals surface area contributed by atoms with E-state index in [9.17, 15) is 17.6 Å². The molecule has 0 atom stereocenters. The van der Waals surface area contributed by atoms with Crippen molar-refractivity contribution in [1.29, 1.82) is 0 Å². The van der Waals surface area contributed by atoms with E-state index < -0.39 is 17.6 Å². The Hall–Kier alpha value is -2.70. The SMILES string of the molecule is CC1(C)CC(Nc2nc(Nc3ccc(OCCN4CCOCC4)c(C(F)(F)F)c3)ncc2F)CC(C)(C)N1. The van der Waals surface area contributed by atoms with Gasteiger partial charge in [-0.3, -0.25) is 4.90 Å². The minimum Gasteiger partial charge on any atom is -0.492 e. The van der Waals surface area contributed by atoms with Crippen LogP contribution in [0.4, 0.5) is 35.0 Å². The van der Waals surface area contributed by atoms with Crippen LogP contribution in [0, 0.1) is 5.82 Å². The van der Waals surface area contributed by atoms with Gasteiger partial charge >= 0.3 is 6.18 Å². The first-order valence-electron chi connectivity index (χ1n) is 12.8. The highest BCUT2D eigenvalue weighted by atomic mass is 19.4. The zero-order valence-electron chi connectivity index (χ0n) is 22.2. The first-order valence-corrected chi connectivity index (χ1v) is 12.8. The van der Waals surface area contributed by atoms with Crippen molar-refractivity contribution >= 4 is 17.5 Å². The van der Waals surface area contributed by atoms with E-state index in [-0.39, 0.29) is 46.9 Å². The van der Waals surface area contributed by atoms with Crippen LogP contribution >= 0.6 is 0 Å². The largest absolute Gasteiger partial charge is 0.492 e. The normalized spacial score (nSPS) is 20.2. The molecule has 2 saturated heterocycles. The lowest BCUT2D eigenvalue weighted by molar-refractivity contribution is -0.138. The van der Waals surface area contributed by atoms with E-state index in [0.29, 0.717) is 19.8 Å². The molecule has 3 heterocycles. The van der Waals surface area contributed by atoms with Gasteiger partial charge in [0.2, 0.25) is 5.95 Å². The first-order chi connectivity index (χ1) is 17.8. The Morgan fingerprint density at radius 1 is 1.13 bits per heavy atom. The molecule has 0 spiro atoms. The summed E-state index contributed by atoms with van der Waals surface area (Å²) < 4.78 is 66.8. The second-order valence-corrected chi connectivity index (χ2v) is 11.2. The molecule has 0 bridgehead atoms. The van der Waals surface area contributed by atoms with E-state index in [1.807, 2.05) is 0 Å². The van der Waals surface area contributed by atoms with Gasteiger partial charge in [-0.2, -0.15) is 18.2 Å². The summed E-state index contributed by atoms with van der Waals surface area (Å²) in [4.78, 5) is 10.2. The number of morpholine rings is 1. The Balaban J connectivity index is 1.46. The second-order valence-electron chi connectivity index (χ2n) is 11.2. The molecule has 0 unspecified atom stereocenters. The lowest BCUT2D eigenvalue weighted by Crippen LogP contribution is -2.60. The van der Waals surface area contributed by atoms with Crippen molar-refractivity contribution in [2.24, 2.45) is 0 Å². The molecule has 0 saturated carbocycles. The van der Waals surface area contributed by atoms with E-state index in [4.69, 9.17) is 9.47 Å². The average molecular weight is 541 g/mol. The van der Waals surface area contributed by atoms with Crippen LogP contribution in [0.3, 0.4) is 0 Å². The van der Waals surface area contributed by atoms with Crippen LogP contribution < -0.4 is 20.7 Å². The number of aromatic nitrogens is 2. The first kappa shape index (κ1) is 28.3. The minimum absolute atomic E-state index is 0.000103. The molecule has 0 radical (unpaired) electrons. The monoisotopic (exact) mass is 540 g/mol. The van der Waals surface area contributed by atoms with Gasteiger partial charge in [0.15, 0.2) is 11.6 Å². The number of benzene rings is 1. The number of alkyl halides is 3. The molecule has 1 aromatic carbocycles. The number of hydrogen-bond acceptors (Lipinski definition) is 8. The molecule has 0 aliphatic carbocycles. The Bertz CT molecular complexity index is 1090. The predicted octanol–water partition coefficient (Wildman–Crippen LogP) is 4.81. The average Bonchev–Trinajstić information content (AvgIpc) is 2.80. The summed E-state index contributed by atoms with van der Waals surface area (Å²) in [5, 5.41) is 9.50. The van der Waals surface area contributed by atoms with Crippen LogP contribution in [0.25, 0.3) is 0 Å². The topological polar surface area (TPSA) is 83.6 Å². The van der Waals surface area contributed by atoms with Crippen molar-refractivity contribution in [3.05, 3.63) is 35.8 Å². The van der Waals surface area contributed by atoms with Crippen LogP contribution in [0.15, 0.2) is 24.4 Å². The molecular weight excluding hydrogens is 504 g/mol. The van der Waals surface area contributed by atoms with E-state index in [0.717, 1.165) is 38.2 Å². The maximum atomic E-state index is 14.6. The summed E-state index contributed by atoms with van der Waals surface area (Å²) in [6.45, 7) is 11.6. The summed E-state index contributed by atoms with van der Waals surface area (Å²) in [6.07, 6.45) is -2.14. The molecule has 2 aliphatic rings. The van der Waals surface area contributed by atoms with Gasteiger partial charge < -0.3 is 25.4 Å². The standard InChI is InChI=1S/C26H36F4N6O2/c1-24(2)14-18(15-25(3,4)35-24)32-22-20(27)16-31-23(34-22)33-17-5-6-21(19(13-17)26(28,29)30)38-12-9-36-7-10-37-11-8-36/h5-6,13,16,18,35H,7-12,14-15H2,1-4H3,(H2,31,32,33,34). The molecule has 1 aromatic heterocycles. The van der Waals surface area contributed by atoms with Crippen LogP contribution in [-0.2, 0) is 10.9 Å². The number of ether oxygens (including phenoxy) is 2. The lowest BCUT2D eigenvalue weighted by atomic mass is 9.79. The van der Waals surface area contributed by atoms with E-state index in [1.54, 1.807) is 0 Å². The van der Waals surface area contributed by atoms with Crippen molar-refractivity contribution < 1.29 is 27.0 Å². The number of piperidine rings is 1. The molecular formula is C26H36F4N6O2. The van der Waals surface area contributed by atoms with Crippen LogP contribution in [-0.4, -0.2) is 71.4 Å². The van der Waals surface area contributed by atoms with Crippen LogP contribution in [0.5, 0.6) is 5.75 Å². The zero-order valence-corrected chi connectivity index (χ0v) is 22.2. The Morgan fingerprint density at radius 3 is 2.47 bits per heavy atom. The van der Waals surface area contributed by atoms with Gasteiger partial charge in [-0.15, -0.1) is 0 Å². The molecule has 2 aliphatic heterocycles. The third-order valence-electron chi connectivity index (χ3n) is 6.59. The number of nitrogens with zero attached hydrogens (tertiary/aromatic N) is 3. The molecule has 2 fully saturated rings. The predicted molar refractivity (Wildman–Crippen MR) is 137 cm³/mol. The van der Waals surface area contributed by atoms with Gasteiger partial charge in [-0.05, 0) is 58.7 Å². The molecule has 2 aromatic rings. The number of hydrogen-bond donors (Lipinski definition) is 3. The van der Waals surface area contributed by atoms with Crippen molar-refractivity contribution in [3.8, 4) is 5.75 Å². The van der Waals surface area contributed by atoms with Crippen LogP contribution in [0.1, 0.15) is 46.1 Å². The molecule has 0 amide bonds. The Kier molecular flexibility index (Phi) is 8.34. The van der Waals surface area contributed by atoms with E-state index in [2.05, 4.69) is 58.5 Å². The smallest absolute Gasteiger partial charge is 0.420 e. The number of halogens is 4. The number of rotatable bonds is 8. The van der Waals surface area contributed by atoms with Crippen molar-refractivity contribution in [2.45, 2.75) is 63.8 Å². The van der Waals surface area contributed by atoms with Gasteiger partial charge in [-0.1, -0.05) is 0 Å². The quantitative estimate of drug-likeness (QED) is 0.412. The summed E-state index contributed by atoms with van der Waals surface area (Å²) in [6, 6.07) is 3.62. The maximum Gasteiger partial charge on any atom is 0.420 e. The number of anilines is 3. The van der Waals surface area contributed by atoms with Gasteiger partial charge in [0.25, 0.3) is 0 Å². The highest BCUT2D eigenvalue weighted by molar-refractivity contribution is 5.59. The Labute approximate surface area is 220 Å². The molecule has 12 heteroatoms. The summed E-state index contributed by atoms with van der Waals surface area (Å²) in [7, 11) is 0.